The molecule has 2 rings (SSSR count). The van der Waals surface area contributed by atoms with Crippen LogP contribution in [0, 0.1) is 0 Å². The maximum absolute atomic E-state index is 9.88. The Balaban J connectivity index is 0.000000120. The Labute approximate surface area is 70.5 Å². The smallest absolute Gasteiger partial charge is 0.275 e. The molecule has 0 aromatic heterocycles. The highest BCUT2D eigenvalue weighted by Gasteiger charge is 2.08. The standard InChI is InChI=1S/C4H10N2.C2H3NO3/c1-2-6-4-3-5-1;4-2-1-5-6-3-2/h5-6H,1-4H2;1H2,(H,3,4). The molecule has 0 spiro atoms. The molecule has 0 saturated carbocycles. The first kappa shape index (κ1) is 9.40. The van der Waals surface area contributed by atoms with Gasteiger partial charge in [-0.25, -0.2) is 10.4 Å². The molecule has 2 heterocycles. The minimum atomic E-state index is -0.241. The second-order valence-electron chi connectivity index (χ2n) is 2.37. The Hall–Kier alpha value is -0.690. The Morgan fingerprint density at radius 2 is 1.67 bits per heavy atom. The number of rotatable bonds is 0. The largest absolute Gasteiger partial charge is 0.314 e. The zero-order valence-electron chi connectivity index (χ0n) is 6.76. The van der Waals surface area contributed by atoms with Crippen LogP contribution in [0.25, 0.3) is 0 Å². The molecule has 2 saturated heterocycles. The fraction of sp³-hybridized carbons (Fsp3) is 0.833. The van der Waals surface area contributed by atoms with Gasteiger partial charge in [0.1, 0.15) is 0 Å². The summed E-state index contributed by atoms with van der Waals surface area (Å²) in [6, 6.07) is 0. The number of carbonyl (C=O) groups excluding carboxylic acids is 1. The summed E-state index contributed by atoms with van der Waals surface area (Å²) in [4.78, 5) is 17.9. The van der Waals surface area contributed by atoms with Gasteiger partial charge in [0.2, 0.25) is 0 Å². The van der Waals surface area contributed by atoms with Crippen LogP contribution >= 0.6 is 0 Å². The average molecular weight is 175 g/mol. The van der Waals surface area contributed by atoms with Crippen molar-refractivity contribution >= 4 is 5.91 Å². The Morgan fingerprint density at radius 3 is 1.83 bits per heavy atom. The van der Waals surface area contributed by atoms with Gasteiger partial charge in [0.25, 0.3) is 5.91 Å². The van der Waals surface area contributed by atoms with Crippen molar-refractivity contribution in [2.45, 2.75) is 0 Å². The summed E-state index contributed by atoms with van der Waals surface area (Å²) in [5.41, 5.74) is 1.96. The van der Waals surface area contributed by atoms with Crippen molar-refractivity contribution in [2.24, 2.45) is 0 Å². The average Bonchev–Trinajstić information content (AvgIpc) is 2.60. The van der Waals surface area contributed by atoms with Crippen LogP contribution < -0.4 is 16.1 Å². The normalized spacial score (nSPS) is 22.5. The van der Waals surface area contributed by atoms with E-state index in [1.807, 2.05) is 5.48 Å². The first-order chi connectivity index (χ1) is 5.89. The third kappa shape index (κ3) is 4.24. The molecule has 6 heteroatoms. The summed E-state index contributed by atoms with van der Waals surface area (Å²) >= 11 is 0. The molecule has 2 aliphatic rings. The van der Waals surface area contributed by atoms with E-state index in [-0.39, 0.29) is 12.5 Å². The van der Waals surface area contributed by atoms with Crippen molar-refractivity contribution in [2.75, 3.05) is 32.8 Å². The van der Waals surface area contributed by atoms with Crippen molar-refractivity contribution in [3.05, 3.63) is 0 Å². The molecule has 70 valence electrons. The minimum absolute atomic E-state index is 0.0139. The van der Waals surface area contributed by atoms with Gasteiger partial charge in [0.15, 0.2) is 6.61 Å². The predicted molar refractivity (Wildman–Crippen MR) is 40.9 cm³/mol. The molecule has 12 heavy (non-hydrogen) atoms. The summed E-state index contributed by atoms with van der Waals surface area (Å²) in [6.07, 6.45) is 0. The first-order valence-corrected chi connectivity index (χ1v) is 3.88. The van der Waals surface area contributed by atoms with E-state index in [2.05, 4.69) is 20.5 Å². The van der Waals surface area contributed by atoms with Gasteiger partial charge in [0, 0.05) is 26.2 Å². The van der Waals surface area contributed by atoms with Crippen molar-refractivity contribution in [3.8, 4) is 0 Å². The van der Waals surface area contributed by atoms with Crippen LogP contribution in [0.1, 0.15) is 0 Å². The van der Waals surface area contributed by atoms with Gasteiger partial charge < -0.3 is 10.6 Å². The Morgan fingerprint density at radius 1 is 1.08 bits per heavy atom. The molecule has 0 aromatic carbocycles. The van der Waals surface area contributed by atoms with Crippen LogP contribution in [0.5, 0.6) is 0 Å². The monoisotopic (exact) mass is 175 g/mol. The zero-order chi connectivity index (χ0) is 8.65. The Kier molecular flexibility index (Phi) is 4.62. The topological polar surface area (TPSA) is 71.6 Å². The summed E-state index contributed by atoms with van der Waals surface area (Å²) in [5, 5.41) is 6.44. The number of hydroxylamine groups is 1. The predicted octanol–water partition coefficient (Wildman–Crippen LogP) is -1.84. The molecule has 0 aliphatic carbocycles. The lowest BCUT2D eigenvalue weighted by Gasteiger charge is -2.11. The zero-order valence-corrected chi connectivity index (χ0v) is 6.76. The van der Waals surface area contributed by atoms with Gasteiger partial charge >= 0.3 is 0 Å². The van der Waals surface area contributed by atoms with Crippen LogP contribution in [0.3, 0.4) is 0 Å². The number of nitrogens with one attached hydrogen (secondary N) is 3. The number of piperazine rings is 1. The molecule has 2 fully saturated rings. The summed E-state index contributed by atoms with van der Waals surface area (Å²) in [7, 11) is 0. The molecule has 0 radical (unpaired) electrons. The molecular weight excluding hydrogens is 162 g/mol. The van der Waals surface area contributed by atoms with E-state index in [9.17, 15) is 4.79 Å². The molecule has 0 aromatic rings. The minimum Gasteiger partial charge on any atom is -0.314 e. The highest BCUT2D eigenvalue weighted by molar-refractivity contribution is 5.76. The summed E-state index contributed by atoms with van der Waals surface area (Å²) in [5.74, 6) is -0.241. The van der Waals surface area contributed by atoms with Gasteiger partial charge in [-0.1, -0.05) is 0 Å². The van der Waals surface area contributed by atoms with E-state index < -0.39 is 0 Å². The van der Waals surface area contributed by atoms with E-state index in [0.29, 0.717) is 0 Å². The highest BCUT2D eigenvalue weighted by atomic mass is 17.3. The molecular formula is C6H13N3O3. The summed E-state index contributed by atoms with van der Waals surface area (Å²) in [6.45, 7) is 4.57. The lowest BCUT2D eigenvalue weighted by Crippen LogP contribution is -2.39. The third-order valence-corrected chi connectivity index (χ3v) is 1.36. The quantitative estimate of drug-likeness (QED) is 0.377. The molecule has 3 N–H and O–H groups in total. The fourth-order valence-electron chi connectivity index (χ4n) is 0.792. The Bertz CT molecular complexity index is 118. The highest BCUT2D eigenvalue weighted by Crippen LogP contribution is 1.81. The van der Waals surface area contributed by atoms with E-state index in [0.717, 1.165) is 26.2 Å². The van der Waals surface area contributed by atoms with Gasteiger partial charge in [0.05, 0.1) is 0 Å². The lowest BCUT2D eigenvalue weighted by atomic mass is 10.4. The van der Waals surface area contributed by atoms with Crippen LogP contribution in [0.2, 0.25) is 0 Å². The van der Waals surface area contributed by atoms with Crippen LogP contribution in [0.15, 0.2) is 0 Å². The molecule has 6 nitrogen and oxygen atoms in total. The number of hydrogen-bond acceptors (Lipinski definition) is 5. The van der Waals surface area contributed by atoms with E-state index in [1.165, 1.54) is 0 Å². The molecule has 2 aliphatic heterocycles. The maximum atomic E-state index is 9.88. The second kappa shape index (κ2) is 5.90. The molecule has 0 unspecified atom stereocenters. The molecule has 0 atom stereocenters. The summed E-state index contributed by atoms with van der Waals surface area (Å²) < 4.78 is 0. The van der Waals surface area contributed by atoms with Crippen LogP contribution in [-0.4, -0.2) is 38.7 Å². The number of amides is 1. The van der Waals surface area contributed by atoms with Gasteiger partial charge in [-0.3, -0.25) is 4.79 Å². The maximum Gasteiger partial charge on any atom is 0.275 e. The van der Waals surface area contributed by atoms with Crippen molar-refractivity contribution < 1.29 is 14.7 Å². The number of hydrogen-bond donors (Lipinski definition) is 3. The second-order valence-corrected chi connectivity index (χ2v) is 2.37. The van der Waals surface area contributed by atoms with E-state index >= 15 is 0 Å². The van der Waals surface area contributed by atoms with E-state index in [1.54, 1.807) is 0 Å². The third-order valence-electron chi connectivity index (χ3n) is 1.36. The number of carbonyl (C=O) groups is 1. The first-order valence-electron chi connectivity index (χ1n) is 3.88. The fourth-order valence-corrected chi connectivity index (χ4v) is 0.792. The molecule has 1 amide bonds. The van der Waals surface area contributed by atoms with Crippen LogP contribution in [0.4, 0.5) is 0 Å². The van der Waals surface area contributed by atoms with E-state index in [4.69, 9.17) is 0 Å². The van der Waals surface area contributed by atoms with Gasteiger partial charge in [-0.05, 0) is 0 Å². The van der Waals surface area contributed by atoms with Crippen LogP contribution in [-0.2, 0) is 14.7 Å². The van der Waals surface area contributed by atoms with Crippen molar-refractivity contribution in [3.63, 3.8) is 0 Å². The molecule has 0 bridgehead atoms. The SMILES string of the molecule is C1CNCCN1.O=C1COON1. The van der Waals surface area contributed by atoms with Gasteiger partial charge in [-0.15, -0.1) is 4.99 Å². The van der Waals surface area contributed by atoms with Gasteiger partial charge in [-0.2, -0.15) is 0 Å². The van der Waals surface area contributed by atoms with Crippen molar-refractivity contribution in [1.82, 2.24) is 16.1 Å². The lowest BCUT2D eigenvalue weighted by molar-refractivity contribution is -0.285. The van der Waals surface area contributed by atoms with Crippen molar-refractivity contribution in [1.29, 1.82) is 0 Å².